The lowest BCUT2D eigenvalue weighted by Gasteiger charge is -2.33. The normalized spacial score (nSPS) is 17.4. The van der Waals surface area contributed by atoms with Crippen LogP contribution in [0.3, 0.4) is 0 Å². The van der Waals surface area contributed by atoms with E-state index in [9.17, 15) is 0 Å². The van der Waals surface area contributed by atoms with E-state index in [1.807, 2.05) is 12.1 Å². The van der Waals surface area contributed by atoms with Crippen LogP contribution in [0.5, 0.6) is 0 Å². The highest BCUT2D eigenvalue weighted by Gasteiger charge is 2.18. The lowest BCUT2D eigenvalue weighted by molar-refractivity contribution is 0.164. The van der Waals surface area contributed by atoms with Crippen molar-refractivity contribution in [2.24, 2.45) is 0 Å². The molecule has 0 spiro atoms. The molecule has 1 aromatic heterocycles. The van der Waals surface area contributed by atoms with Crippen molar-refractivity contribution in [2.45, 2.75) is 51.6 Å². The molecule has 1 N–H and O–H groups in total. The Hall–Kier alpha value is -0.800. The average molecular weight is 250 g/mol. The van der Waals surface area contributed by atoms with Gasteiger partial charge in [0.15, 0.2) is 0 Å². The molecule has 0 aromatic carbocycles. The van der Waals surface area contributed by atoms with Gasteiger partial charge in [0.05, 0.1) is 12.8 Å². The fraction of sp³-hybridized carbons (Fsp3) is 0.733. The SMILES string of the molecule is CCN(CCNCc1ccco1)C1CCCCC1. The molecule has 2 rings (SSSR count). The number of hydrogen-bond acceptors (Lipinski definition) is 3. The summed E-state index contributed by atoms with van der Waals surface area (Å²) < 4.78 is 5.31. The molecule has 1 fully saturated rings. The summed E-state index contributed by atoms with van der Waals surface area (Å²) in [6, 6.07) is 4.79. The van der Waals surface area contributed by atoms with Crippen LogP contribution in [0.2, 0.25) is 0 Å². The fourth-order valence-electron chi connectivity index (χ4n) is 2.89. The van der Waals surface area contributed by atoms with Crippen LogP contribution in [0.1, 0.15) is 44.8 Å². The van der Waals surface area contributed by atoms with Gasteiger partial charge >= 0.3 is 0 Å². The Balaban J connectivity index is 1.63. The van der Waals surface area contributed by atoms with Gasteiger partial charge in [0.1, 0.15) is 5.76 Å². The van der Waals surface area contributed by atoms with Gasteiger partial charge in [-0.25, -0.2) is 0 Å². The summed E-state index contributed by atoms with van der Waals surface area (Å²) in [5.41, 5.74) is 0. The zero-order chi connectivity index (χ0) is 12.6. The molecule has 102 valence electrons. The molecule has 1 aliphatic rings. The number of furan rings is 1. The first-order chi connectivity index (χ1) is 8.90. The number of nitrogens with zero attached hydrogens (tertiary/aromatic N) is 1. The van der Waals surface area contributed by atoms with Gasteiger partial charge in [0.2, 0.25) is 0 Å². The Labute approximate surface area is 111 Å². The Morgan fingerprint density at radius 1 is 1.33 bits per heavy atom. The van der Waals surface area contributed by atoms with Gasteiger partial charge in [-0.2, -0.15) is 0 Å². The highest BCUT2D eigenvalue weighted by atomic mass is 16.3. The second kappa shape index (κ2) is 7.59. The summed E-state index contributed by atoms with van der Waals surface area (Å²) in [6.45, 7) is 6.50. The summed E-state index contributed by atoms with van der Waals surface area (Å²) in [4.78, 5) is 2.63. The molecule has 1 heterocycles. The summed E-state index contributed by atoms with van der Waals surface area (Å²) >= 11 is 0. The van der Waals surface area contributed by atoms with Gasteiger partial charge in [0.25, 0.3) is 0 Å². The van der Waals surface area contributed by atoms with Crippen LogP contribution in [0.4, 0.5) is 0 Å². The third-order valence-electron chi connectivity index (χ3n) is 3.95. The topological polar surface area (TPSA) is 28.4 Å². The van der Waals surface area contributed by atoms with Crippen LogP contribution in [0, 0.1) is 0 Å². The summed E-state index contributed by atoms with van der Waals surface area (Å²) in [5.74, 6) is 1.02. The molecule has 0 atom stereocenters. The molecule has 0 aliphatic heterocycles. The Bertz CT molecular complexity index is 304. The Kier molecular flexibility index (Phi) is 5.75. The van der Waals surface area contributed by atoms with Crippen LogP contribution >= 0.6 is 0 Å². The third-order valence-corrected chi connectivity index (χ3v) is 3.95. The zero-order valence-corrected chi connectivity index (χ0v) is 11.5. The quantitative estimate of drug-likeness (QED) is 0.754. The van der Waals surface area contributed by atoms with E-state index in [4.69, 9.17) is 4.42 Å². The monoisotopic (exact) mass is 250 g/mol. The van der Waals surface area contributed by atoms with E-state index >= 15 is 0 Å². The molecule has 0 saturated heterocycles. The van der Waals surface area contributed by atoms with Crippen molar-refractivity contribution < 1.29 is 4.42 Å². The van der Waals surface area contributed by atoms with Crippen molar-refractivity contribution in [3.05, 3.63) is 24.2 Å². The maximum absolute atomic E-state index is 5.31. The standard InChI is InChI=1S/C15H26N2O/c1-2-17(14-7-4-3-5-8-14)11-10-16-13-15-9-6-12-18-15/h6,9,12,14,16H,2-5,7-8,10-11,13H2,1H3. The highest BCUT2D eigenvalue weighted by Crippen LogP contribution is 2.21. The first-order valence-corrected chi connectivity index (χ1v) is 7.37. The van der Waals surface area contributed by atoms with Crippen molar-refractivity contribution in [3.8, 4) is 0 Å². The van der Waals surface area contributed by atoms with E-state index in [-0.39, 0.29) is 0 Å². The van der Waals surface area contributed by atoms with Crippen molar-refractivity contribution in [1.82, 2.24) is 10.2 Å². The number of likely N-dealkylation sites (N-methyl/N-ethyl adjacent to an activating group) is 1. The number of rotatable bonds is 7. The van der Waals surface area contributed by atoms with Gasteiger partial charge < -0.3 is 9.73 Å². The molecule has 18 heavy (non-hydrogen) atoms. The van der Waals surface area contributed by atoms with Crippen LogP contribution < -0.4 is 5.32 Å². The summed E-state index contributed by atoms with van der Waals surface area (Å²) in [5, 5.41) is 3.46. The van der Waals surface area contributed by atoms with Gasteiger partial charge in [-0.3, -0.25) is 4.90 Å². The summed E-state index contributed by atoms with van der Waals surface area (Å²) in [7, 11) is 0. The van der Waals surface area contributed by atoms with Gasteiger partial charge in [0, 0.05) is 19.1 Å². The molecule has 1 aromatic rings. The largest absolute Gasteiger partial charge is 0.468 e. The van der Waals surface area contributed by atoms with Crippen LogP contribution in [-0.4, -0.2) is 30.6 Å². The predicted octanol–water partition coefficient (Wildman–Crippen LogP) is 3.02. The van der Waals surface area contributed by atoms with E-state index in [2.05, 4.69) is 17.1 Å². The Morgan fingerprint density at radius 2 is 2.17 bits per heavy atom. The molecule has 0 bridgehead atoms. The maximum Gasteiger partial charge on any atom is 0.117 e. The first-order valence-electron chi connectivity index (χ1n) is 7.37. The minimum absolute atomic E-state index is 0.828. The molecule has 0 radical (unpaired) electrons. The second-order valence-electron chi connectivity index (χ2n) is 5.18. The lowest BCUT2D eigenvalue weighted by Crippen LogP contribution is -2.40. The molecule has 1 saturated carbocycles. The van der Waals surface area contributed by atoms with E-state index in [1.165, 1.54) is 38.6 Å². The van der Waals surface area contributed by atoms with Crippen molar-refractivity contribution in [2.75, 3.05) is 19.6 Å². The van der Waals surface area contributed by atoms with E-state index in [0.29, 0.717) is 0 Å². The molecule has 3 nitrogen and oxygen atoms in total. The van der Waals surface area contributed by atoms with Crippen LogP contribution in [0.25, 0.3) is 0 Å². The number of nitrogens with one attached hydrogen (secondary N) is 1. The fourth-order valence-corrected chi connectivity index (χ4v) is 2.89. The summed E-state index contributed by atoms with van der Waals surface area (Å²) in [6.07, 6.45) is 8.79. The van der Waals surface area contributed by atoms with Crippen LogP contribution in [0.15, 0.2) is 22.8 Å². The average Bonchev–Trinajstić information content (AvgIpc) is 2.93. The van der Waals surface area contributed by atoms with Crippen molar-refractivity contribution >= 4 is 0 Å². The van der Waals surface area contributed by atoms with Gasteiger partial charge in [-0.15, -0.1) is 0 Å². The zero-order valence-electron chi connectivity index (χ0n) is 11.5. The van der Waals surface area contributed by atoms with Gasteiger partial charge in [-0.05, 0) is 31.5 Å². The maximum atomic E-state index is 5.31. The van der Waals surface area contributed by atoms with Crippen molar-refractivity contribution in [3.63, 3.8) is 0 Å². The molecular weight excluding hydrogens is 224 g/mol. The van der Waals surface area contributed by atoms with E-state index in [1.54, 1.807) is 6.26 Å². The molecule has 3 heteroatoms. The molecule has 0 amide bonds. The van der Waals surface area contributed by atoms with Crippen molar-refractivity contribution in [1.29, 1.82) is 0 Å². The third kappa shape index (κ3) is 4.14. The van der Waals surface area contributed by atoms with Gasteiger partial charge in [-0.1, -0.05) is 26.2 Å². The van der Waals surface area contributed by atoms with E-state index in [0.717, 1.165) is 31.4 Å². The number of hydrogen-bond donors (Lipinski definition) is 1. The lowest BCUT2D eigenvalue weighted by atomic mass is 9.94. The smallest absolute Gasteiger partial charge is 0.117 e. The predicted molar refractivity (Wildman–Crippen MR) is 74.5 cm³/mol. The first kappa shape index (κ1) is 13.6. The highest BCUT2D eigenvalue weighted by molar-refractivity contribution is 4.97. The van der Waals surface area contributed by atoms with Crippen LogP contribution in [-0.2, 0) is 6.54 Å². The molecular formula is C15H26N2O. The second-order valence-corrected chi connectivity index (χ2v) is 5.18. The minimum atomic E-state index is 0.828. The Morgan fingerprint density at radius 3 is 2.83 bits per heavy atom. The molecule has 0 unspecified atom stereocenters. The molecule has 1 aliphatic carbocycles. The minimum Gasteiger partial charge on any atom is -0.468 e. The van der Waals surface area contributed by atoms with E-state index < -0.39 is 0 Å².